The van der Waals surface area contributed by atoms with E-state index in [2.05, 4.69) is 9.88 Å². The van der Waals surface area contributed by atoms with Gasteiger partial charge >= 0.3 is 6.18 Å². The van der Waals surface area contributed by atoms with Crippen molar-refractivity contribution >= 4 is 17.4 Å². The zero-order valence-corrected chi connectivity index (χ0v) is 11.5. The molecule has 1 aromatic rings. The molecule has 2 fully saturated rings. The van der Waals surface area contributed by atoms with E-state index in [1.807, 2.05) is 6.07 Å². The smallest absolute Gasteiger partial charge is 0.353 e. The van der Waals surface area contributed by atoms with E-state index < -0.39 is 12.7 Å². The molecule has 0 unspecified atom stereocenters. The number of fused-ring (bicyclic) bond motifs is 2. The minimum atomic E-state index is -4.12. The van der Waals surface area contributed by atoms with Crippen LogP contribution in [0.1, 0.15) is 12.8 Å². The Bertz CT molecular complexity index is 463. The number of anilines is 1. The lowest BCUT2D eigenvalue weighted by Gasteiger charge is -2.41. The summed E-state index contributed by atoms with van der Waals surface area (Å²) < 4.78 is 37.8. The Kier molecular flexibility index (Phi) is 3.54. The van der Waals surface area contributed by atoms with Crippen LogP contribution < -0.4 is 4.90 Å². The normalized spacial score (nSPS) is 27.1. The number of pyridine rings is 1. The fraction of sp³-hybridized carbons (Fsp3) is 0.615. The Morgan fingerprint density at radius 1 is 1.20 bits per heavy atom. The van der Waals surface area contributed by atoms with Gasteiger partial charge in [0.05, 0.1) is 11.6 Å². The van der Waals surface area contributed by atoms with Gasteiger partial charge in [-0.15, -0.1) is 0 Å². The molecule has 0 aromatic carbocycles. The van der Waals surface area contributed by atoms with E-state index in [0.29, 0.717) is 18.1 Å². The highest BCUT2D eigenvalue weighted by atomic mass is 35.5. The molecule has 20 heavy (non-hydrogen) atoms. The summed E-state index contributed by atoms with van der Waals surface area (Å²) in [7, 11) is 0. The van der Waals surface area contributed by atoms with E-state index in [9.17, 15) is 13.2 Å². The maximum absolute atomic E-state index is 12.6. The molecule has 110 valence electrons. The van der Waals surface area contributed by atoms with Crippen molar-refractivity contribution in [3.05, 3.63) is 23.4 Å². The minimum Gasteiger partial charge on any atom is -0.353 e. The zero-order valence-electron chi connectivity index (χ0n) is 10.8. The Morgan fingerprint density at radius 3 is 2.35 bits per heavy atom. The lowest BCUT2D eigenvalue weighted by Crippen LogP contribution is -2.56. The molecule has 2 aliphatic heterocycles. The number of aromatic nitrogens is 1. The average Bonchev–Trinajstić information content (AvgIpc) is 2.61. The second kappa shape index (κ2) is 5.07. The third kappa shape index (κ3) is 2.86. The van der Waals surface area contributed by atoms with E-state index in [1.165, 1.54) is 0 Å². The van der Waals surface area contributed by atoms with Crippen LogP contribution in [0.2, 0.25) is 5.02 Å². The van der Waals surface area contributed by atoms with Gasteiger partial charge in [0.25, 0.3) is 0 Å². The molecule has 0 spiro atoms. The summed E-state index contributed by atoms with van der Waals surface area (Å²) in [5, 5.41) is 0.562. The van der Waals surface area contributed by atoms with E-state index in [0.717, 1.165) is 18.7 Å². The first-order valence-electron chi connectivity index (χ1n) is 6.61. The summed E-state index contributed by atoms with van der Waals surface area (Å²) in [6.45, 7) is 0.395. The Hall–Kier alpha value is -1.01. The average molecular weight is 306 g/mol. The molecule has 7 heteroatoms. The first-order chi connectivity index (χ1) is 9.42. The molecule has 3 nitrogen and oxygen atoms in total. The first-order valence-corrected chi connectivity index (χ1v) is 6.99. The number of piperazine rings is 1. The van der Waals surface area contributed by atoms with Crippen molar-refractivity contribution in [3.8, 4) is 0 Å². The van der Waals surface area contributed by atoms with Gasteiger partial charge < -0.3 is 4.90 Å². The van der Waals surface area contributed by atoms with Crippen molar-refractivity contribution in [3.63, 3.8) is 0 Å². The molecular formula is C13H15ClF3N3. The number of halogens is 4. The van der Waals surface area contributed by atoms with Crippen LogP contribution in [0.3, 0.4) is 0 Å². The van der Waals surface area contributed by atoms with Crippen molar-refractivity contribution in [2.24, 2.45) is 0 Å². The van der Waals surface area contributed by atoms with Gasteiger partial charge in [-0.3, -0.25) is 4.90 Å². The number of nitrogens with zero attached hydrogens (tertiary/aromatic N) is 3. The molecule has 3 rings (SSSR count). The summed E-state index contributed by atoms with van der Waals surface area (Å²) in [4.78, 5) is 7.92. The van der Waals surface area contributed by atoms with Gasteiger partial charge in [-0.2, -0.15) is 13.2 Å². The molecule has 2 aliphatic rings. The Morgan fingerprint density at radius 2 is 1.85 bits per heavy atom. The number of rotatable bonds is 2. The fourth-order valence-corrected chi connectivity index (χ4v) is 3.31. The van der Waals surface area contributed by atoms with Crippen LogP contribution in [0.25, 0.3) is 0 Å². The lowest BCUT2D eigenvalue weighted by molar-refractivity contribution is -0.153. The second-order valence-corrected chi connectivity index (χ2v) is 5.85. The van der Waals surface area contributed by atoms with Crippen LogP contribution in [-0.2, 0) is 0 Å². The Balaban J connectivity index is 1.72. The minimum absolute atomic E-state index is 0.0344. The van der Waals surface area contributed by atoms with E-state index >= 15 is 0 Å². The zero-order chi connectivity index (χ0) is 14.3. The molecule has 0 amide bonds. The second-order valence-electron chi connectivity index (χ2n) is 5.41. The van der Waals surface area contributed by atoms with Crippen molar-refractivity contribution in [2.75, 3.05) is 24.5 Å². The monoisotopic (exact) mass is 305 g/mol. The highest BCUT2D eigenvalue weighted by Crippen LogP contribution is 2.34. The molecule has 0 N–H and O–H groups in total. The fourth-order valence-electron chi connectivity index (χ4n) is 3.20. The van der Waals surface area contributed by atoms with Crippen LogP contribution in [0.5, 0.6) is 0 Å². The van der Waals surface area contributed by atoms with Gasteiger partial charge in [-0.25, -0.2) is 4.98 Å². The molecule has 3 heterocycles. The van der Waals surface area contributed by atoms with E-state index in [4.69, 9.17) is 11.6 Å². The topological polar surface area (TPSA) is 19.4 Å². The Labute approximate surface area is 120 Å². The lowest BCUT2D eigenvalue weighted by atomic mass is 10.2. The molecule has 0 aliphatic carbocycles. The van der Waals surface area contributed by atoms with Crippen molar-refractivity contribution < 1.29 is 13.2 Å². The van der Waals surface area contributed by atoms with Crippen molar-refractivity contribution in [1.82, 2.24) is 9.88 Å². The summed E-state index contributed by atoms with van der Waals surface area (Å²) in [6, 6.07) is 3.51. The summed E-state index contributed by atoms with van der Waals surface area (Å²) in [6.07, 6.45) is -0.905. The van der Waals surface area contributed by atoms with Gasteiger partial charge in [-0.1, -0.05) is 11.6 Å². The van der Waals surface area contributed by atoms with Crippen LogP contribution in [0.15, 0.2) is 18.3 Å². The first kappa shape index (κ1) is 13.9. The molecule has 2 atom stereocenters. The quantitative estimate of drug-likeness (QED) is 0.837. The highest BCUT2D eigenvalue weighted by molar-refractivity contribution is 6.30. The molecule has 2 bridgehead atoms. The summed E-state index contributed by atoms with van der Waals surface area (Å²) in [5.41, 5.74) is 0. The van der Waals surface area contributed by atoms with E-state index in [-0.39, 0.29) is 12.1 Å². The largest absolute Gasteiger partial charge is 0.401 e. The maximum Gasteiger partial charge on any atom is 0.401 e. The van der Waals surface area contributed by atoms with Crippen LogP contribution in [-0.4, -0.2) is 47.8 Å². The van der Waals surface area contributed by atoms with Gasteiger partial charge in [0.1, 0.15) is 5.82 Å². The molecular weight excluding hydrogens is 291 g/mol. The molecule has 0 saturated carbocycles. The molecule has 1 aromatic heterocycles. The SMILES string of the molecule is FC(F)(F)CN1[C@@H]2CC[C@H]1CN(c1ccc(Cl)cn1)C2. The summed E-state index contributed by atoms with van der Waals surface area (Å²) >= 11 is 5.80. The predicted molar refractivity (Wildman–Crippen MR) is 71.0 cm³/mol. The van der Waals surface area contributed by atoms with Crippen LogP contribution in [0.4, 0.5) is 19.0 Å². The highest BCUT2D eigenvalue weighted by Gasteiger charge is 2.45. The standard InChI is InChI=1S/C13H15ClF3N3/c14-9-1-4-12(18-5-9)19-6-10-2-3-11(7-19)20(10)8-13(15,16)17/h1,4-5,10-11H,2-3,6-8H2/t10-,11+. The van der Waals surface area contributed by atoms with Crippen molar-refractivity contribution in [2.45, 2.75) is 31.1 Å². The van der Waals surface area contributed by atoms with E-state index in [1.54, 1.807) is 17.2 Å². The van der Waals surface area contributed by atoms with Gasteiger partial charge in [-0.05, 0) is 25.0 Å². The number of hydrogen-bond donors (Lipinski definition) is 0. The molecule has 0 radical (unpaired) electrons. The summed E-state index contributed by atoms with van der Waals surface area (Å²) in [5.74, 6) is 0.790. The number of hydrogen-bond acceptors (Lipinski definition) is 3. The maximum atomic E-state index is 12.6. The number of alkyl halides is 3. The predicted octanol–water partition coefficient (Wildman–Crippen LogP) is 2.95. The third-order valence-corrected chi connectivity index (χ3v) is 4.25. The van der Waals surface area contributed by atoms with Gasteiger partial charge in [0, 0.05) is 31.4 Å². The van der Waals surface area contributed by atoms with Gasteiger partial charge in [0.2, 0.25) is 0 Å². The molecule has 2 saturated heterocycles. The van der Waals surface area contributed by atoms with Crippen LogP contribution >= 0.6 is 11.6 Å². The third-order valence-electron chi connectivity index (χ3n) is 4.03. The van der Waals surface area contributed by atoms with Crippen LogP contribution in [0, 0.1) is 0 Å². The van der Waals surface area contributed by atoms with Gasteiger partial charge in [0.15, 0.2) is 0 Å². The van der Waals surface area contributed by atoms with Crippen molar-refractivity contribution in [1.29, 1.82) is 0 Å².